The summed E-state index contributed by atoms with van der Waals surface area (Å²) in [7, 11) is 1.35. The number of morpholine rings is 1. The van der Waals surface area contributed by atoms with Gasteiger partial charge in [0, 0.05) is 24.1 Å². The fourth-order valence-electron chi connectivity index (χ4n) is 3.79. The normalized spacial score (nSPS) is 13.9. The third-order valence-electron chi connectivity index (χ3n) is 5.60. The van der Waals surface area contributed by atoms with Gasteiger partial charge in [-0.1, -0.05) is 52.3 Å². The van der Waals surface area contributed by atoms with Crippen molar-refractivity contribution < 1.29 is 23.7 Å². The van der Waals surface area contributed by atoms with Crippen LogP contribution in [0.1, 0.15) is 16.8 Å². The predicted octanol–water partition coefficient (Wildman–Crippen LogP) is 5.80. The van der Waals surface area contributed by atoms with Gasteiger partial charge in [-0.05, 0) is 47.9 Å². The largest absolute Gasteiger partial charge is 0.490 e. The second kappa shape index (κ2) is 12.0. The summed E-state index contributed by atoms with van der Waals surface area (Å²) >= 11 is 3.41. The van der Waals surface area contributed by atoms with Crippen LogP contribution in [0.25, 0.3) is 11.1 Å². The van der Waals surface area contributed by atoms with E-state index < -0.39 is 5.97 Å². The summed E-state index contributed by atoms with van der Waals surface area (Å²) in [6.07, 6.45) is 0.894. The molecule has 0 unspecified atom stereocenters. The van der Waals surface area contributed by atoms with Gasteiger partial charge in [0.15, 0.2) is 11.5 Å². The molecule has 0 aliphatic carbocycles. The number of methoxy groups -OCH3 is 1. The van der Waals surface area contributed by atoms with Crippen LogP contribution in [0.2, 0.25) is 0 Å². The molecule has 0 atom stereocenters. The highest BCUT2D eigenvalue weighted by atomic mass is 79.9. The number of esters is 1. The molecule has 0 spiro atoms. The molecule has 0 amide bonds. The van der Waals surface area contributed by atoms with Crippen molar-refractivity contribution in [2.45, 2.75) is 6.42 Å². The first-order valence-corrected chi connectivity index (χ1v) is 12.1. The van der Waals surface area contributed by atoms with E-state index in [4.69, 9.17) is 18.9 Å². The molecule has 0 saturated carbocycles. The van der Waals surface area contributed by atoms with E-state index in [1.54, 1.807) is 12.1 Å². The van der Waals surface area contributed by atoms with Crippen LogP contribution in [0.4, 0.5) is 0 Å². The minimum absolute atomic E-state index is 0.334. The van der Waals surface area contributed by atoms with Gasteiger partial charge < -0.3 is 18.9 Å². The lowest BCUT2D eigenvalue weighted by Gasteiger charge is -2.26. The predicted molar refractivity (Wildman–Crippen MR) is 135 cm³/mol. The van der Waals surface area contributed by atoms with Crippen LogP contribution in [0.3, 0.4) is 0 Å². The molecule has 4 rings (SSSR count). The molecule has 1 heterocycles. The van der Waals surface area contributed by atoms with E-state index in [9.17, 15) is 4.79 Å². The van der Waals surface area contributed by atoms with Crippen LogP contribution < -0.4 is 9.47 Å². The van der Waals surface area contributed by atoms with Crippen LogP contribution in [-0.2, 0) is 9.47 Å². The van der Waals surface area contributed by atoms with E-state index >= 15 is 0 Å². The molecule has 178 valence electrons. The summed E-state index contributed by atoms with van der Waals surface area (Å²) in [5, 5.41) is 0. The zero-order valence-corrected chi connectivity index (χ0v) is 20.8. The van der Waals surface area contributed by atoms with Gasteiger partial charge in [0.2, 0.25) is 0 Å². The molecule has 0 radical (unpaired) electrons. The molecule has 1 fully saturated rings. The molecule has 0 N–H and O–H groups in total. The number of ether oxygens (including phenoxy) is 4. The average molecular weight is 526 g/mol. The lowest BCUT2D eigenvalue weighted by molar-refractivity contribution is 0.0357. The second-order valence-electron chi connectivity index (χ2n) is 7.92. The van der Waals surface area contributed by atoms with Crippen LogP contribution >= 0.6 is 15.9 Å². The van der Waals surface area contributed by atoms with Crippen LogP contribution in [-0.4, -0.2) is 57.4 Å². The van der Waals surface area contributed by atoms with Crippen molar-refractivity contribution in [1.82, 2.24) is 4.90 Å². The van der Waals surface area contributed by atoms with Crippen molar-refractivity contribution in [1.29, 1.82) is 0 Å². The summed E-state index contributed by atoms with van der Waals surface area (Å²) in [6.45, 7) is 5.01. The number of halogens is 1. The maximum atomic E-state index is 12.3. The van der Waals surface area contributed by atoms with Crippen LogP contribution in [0, 0.1) is 0 Å². The van der Waals surface area contributed by atoms with Crippen LogP contribution in [0.15, 0.2) is 71.2 Å². The van der Waals surface area contributed by atoms with E-state index in [1.165, 1.54) is 7.11 Å². The minimum atomic E-state index is -0.469. The number of hydrogen-bond donors (Lipinski definition) is 0. The van der Waals surface area contributed by atoms with Gasteiger partial charge in [-0.2, -0.15) is 0 Å². The highest BCUT2D eigenvalue weighted by molar-refractivity contribution is 9.10. The number of benzene rings is 3. The number of rotatable bonds is 9. The third-order valence-corrected chi connectivity index (χ3v) is 6.09. The van der Waals surface area contributed by atoms with Gasteiger partial charge in [0.05, 0.1) is 26.9 Å². The second-order valence-corrected chi connectivity index (χ2v) is 8.83. The summed E-state index contributed by atoms with van der Waals surface area (Å²) in [6, 6.07) is 21.2. The van der Waals surface area contributed by atoms with Gasteiger partial charge in [-0.3, -0.25) is 4.90 Å². The Morgan fingerprint density at radius 3 is 2.47 bits per heavy atom. The molecule has 1 aliphatic rings. The smallest absolute Gasteiger partial charge is 0.341 e. The fourth-order valence-corrected chi connectivity index (χ4v) is 4.15. The number of carbonyl (C=O) groups excluding carboxylic acids is 1. The van der Waals surface area contributed by atoms with Crippen LogP contribution in [0.5, 0.6) is 17.2 Å². The lowest BCUT2D eigenvalue weighted by atomic mass is 10.1. The van der Waals surface area contributed by atoms with Crippen molar-refractivity contribution in [3.05, 3.63) is 76.8 Å². The monoisotopic (exact) mass is 525 g/mol. The summed E-state index contributed by atoms with van der Waals surface area (Å²) in [5.74, 6) is 1.10. The van der Waals surface area contributed by atoms with Gasteiger partial charge >= 0.3 is 5.97 Å². The Labute approximate surface area is 208 Å². The maximum Gasteiger partial charge on any atom is 0.341 e. The third kappa shape index (κ3) is 6.38. The molecule has 6 nitrogen and oxygen atoms in total. The molecule has 0 bridgehead atoms. The van der Waals surface area contributed by atoms with E-state index in [-0.39, 0.29) is 0 Å². The molecule has 1 aliphatic heterocycles. The Kier molecular flexibility index (Phi) is 8.57. The molecule has 3 aromatic carbocycles. The first-order chi connectivity index (χ1) is 16.6. The van der Waals surface area contributed by atoms with Crippen molar-refractivity contribution in [3.63, 3.8) is 0 Å². The van der Waals surface area contributed by atoms with Crippen molar-refractivity contribution in [2.75, 3.05) is 46.6 Å². The quantitative estimate of drug-likeness (QED) is 0.260. The van der Waals surface area contributed by atoms with E-state index in [0.717, 1.165) is 54.9 Å². The maximum absolute atomic E-state index is 12.3. The number of nitrogens with zero attached hydrogens (tertiary/aromatic N) is 1. The number of carbonyl (C=O) groups is 1. The highest BCUT2D eigenvalue weighted by Gasteiger charge is 2.17. The fraction of sp³-hybridized carbons (Fsp3) is 0.296. The molecule has 7 heteroatoms. The Balaban J connectivity index is 1.56. The van der Waals surface area contributed by atoms with Crippen molar-refractivity contribution >= 4 is 21.9 Å². The minimum Gasteiger partial charge on any atom is -0.490 e. The SMILES string of the molecule is COC(=O)c1cc(Br)ccc1Oc1cc(-c2ccccc2)ccc1OCCCN1CCOCC1. The van der Waals surface area contributed by atoms with Gasteiger partial charge in [0.1, 0.15) is 11.3 Å². The van der Waals surface area contributed by atoms with E-state index in [1.807, 2.05) is 54.6 Å². The Morgan fingerprint density at radius 2 is 1.71 bits per heavy atom. The van der Waals surface area contributed by atoms with Crippen molar-refractivity contribution in [2.24, 2.45) is 0 Å². The molecule has 1 saturated heterocycles. The standard InChI is InChI=1S/C27H28BrNO5/c1-31-27(30)23-19-22(28)9-11-24(23)34-26-18-21(20-6-3-2-4-7-20)8-10-25(26)33-15-5-12-29-13-16-32-17-14-29/h2-4,6-11,18-19H,5,12-17H2,1H3. The van der Waals surface area contributed by atoms with Gasteiger partial charge in [-0.25, -0.2) is 4.79 Å². The van der Waals surface area contributed by atoms with E-state index in [2.05, 4.69) is 20.8 Å². The molecule has 34 heavy (non-hydrogen) atoms. The average Bonchev–Trinajstić information content (AvgIpc) is 2.89. The zero-order chi connectivity index (χ0) is 23.8. The van der Waals surface area contributed by atoms with Crippen molar-refractivity contribution in [3.8, 4) is 28.4 Å². The molecule has 0 aromatic heterocycles. The first-order valence-electron chi connectivity index (χ1n) is 11.3. The topological polar surface area (TPSA) is 57.2 Å². The molecular weight excluding hydrogens is 498 g/mol. The first kappa shape index (κ1) is 24.3. The Hall–Kier alpha value is -2.87. The molecular formula is C27H28BrNO5. The Morgan fingerprint density at radius 1 is 0.941 bits per heavy atom. The lowest BCUT2D eigenvalue weighted by Crippen LogP contribution is -2.37. The van der Waals surface area contributed by atoms with Gasteiger partial charge in [0.25, 0.3) is 0 Å². The van der Waals surface area contributed by atoms with Gasteiger partial charge in [-0.15, -0.1) is 0 Å². The summed E-state index contributed by atoms with van der Waals surface area (Å²) in [4.78, 5) is 14.7. The molecule has 3 aromatic rings. The summed E-state index contributed by atoms with van der Waals surface area (Å²) < 4.78 is 23.5. The Bertz CT molecular complexity index is 1100. The zero-order valence-electron chi connectivity index (χ0n) is 19.2. The number of hydrogen-bond acceptors (Lipinski definition) is 6. The van der Waals surface area contributed by atoms with E-state index in [0.29, 0.717) is 29.4 Å². The summed E-state index contributed by atoms with van der Waals surface area (Å²) in [5.41, 5.74) is 2.39. The highest BCUT2D eigenvalue weighted by Crippen LogP contribution is 2.37.